The summed E-state index contributed by atoms with van der Waals surface area (Å²) in [4.78, 5) is 0. The van der Waals surface area contributed by atoms with Crippen molar-refractivity contribution >= 4 is 0 Å². The van der Waals surface area contributed by atoms with Gasteiger partial charge in [0.1, 0.15) is 6.10 Å². The van der Waals surface area contributed by atoms with E-state index in [0.29, 0.717) is 5.92 Å². The van der Waals surface area contributed by atoms with Gasteiger partial charge in [0.15, 0.2) is 0 Å². The smallest absolute Gasteiger partial charge is 0.102 e. The third kappa shape index (κ3) is 2.56. The summed E-state index contributed by atoms with van der Waals surface area (Å²) in [7, 11) is 0. The van der Waals surface area contributed by atoms with Gasteiger partial charge in [0.2, 0.25) is 0 Å². The van der Waals surface area contributed by atoms with Gasteiger partial charge in [-0.15, -0.1) is 0 Å². The molecule has 1 N–H and O–H groups in total. The molecular weight excluding hydrogens is 212 g/mol. The minimum atomic E-state index is -0.531. The predicted octanol–water partition coefficient (Wildman–Crippen LogP) is 2.81. The Balaban J connectivity index is 2.29. The second-order valence-electron chi connectivity index (χ2n) is 4.58. The lowest BCUT2D eigenvalue weighted by Gasteiger charge is -2.27. The van der Waals surface area contributed by atoms with Gasteiger partial charge in [-0.25, -0.2) is 0 Å². The number of aliphatic hydroxyl groups excluding tert-OH is 1. The molecule has 0 saturated carbocycles. The van der Waals surface area contributed by atoms with Crippen molar-refractivity contribution in [2.45, 2.75) is 26.0 Å². The first-order valence-corrected chi connectivity index (χ1v) is 5.92. The molecule has 0 amide bonds. The van der Waals surface area contributed by atoms with Gasteiger partial charge < -0.3 is 5.11 Å². The molecule has 0 saturated heterocycles. The number of aliphatic hydroxyl groups is 1. The van der Waals surface area contributed by atoms with Crippen LogP contribution in [0.3, 0.4) is 0 Å². The molecule has 2 rings (SSSR count). The fraction of sp³-hybridized carbons (Fsp3) is 0.357. The van der Waals surface area contributed by atoms with Gasteiger partial charge in [-0.05, 0) is 17.5 Å². The van der Waals surface area contributed by atoms with Crippen molar-refractivity contribution in [1.29, 1.82) is 0 Å². The van der Waals surface area contributed by atoms with Crippen LogP contribution >= 0.6 is 0 Å². The van der Waals surface area contributed by atoms with Crippen LogP contribution < -0.4 is 0 Å². The normalized spacial score (nSPS) is 14.8. The molecule has 90 valence electrons. The van der Waals surface area contributed by atoms with Gasteiger partial charge in [0.25, 0.3) is 0 Å². The number of benzene rings is 1. The van der Waals surface area contributed by atoms with Crippen LogP contribution in [0.5, 0.6) is 0 Å². The Bertz CT molecular complexity index is 437. The van der Waals surface area contributed by atoms with E-state index in [1.165, 1.54) is 0 Å². The highest BCUT2D eigenvalue weighted by Crippen LogP contribution is 2.31. The van der Waals surface area contributed by atoms with Crippen molar-refractivity contribution in [2.75, 3.05) is 0 Å². The molecule has 0 fully saturated rings. The SMILES string of the molecule is CC(C)C(C(O)c1ccccc1)n1cccn1. The lowest BCUT2D eigenvalue weighted by molar-refractivity contribution is 0.0801. The van der Waals surface area contributed by atoms with Gasteiger partial charge in [-0.2, -0.15) is 5.10 Å². The molecule has 0 bridgehead atoms. The topological polar surface area (TPSA) is 38.0 Å². The van der Waals surface area contributed by atoms with Crippen LogP contribution in [0.15, 0.2) is 48.8 Å². The number of hydrogen-bond donors (Lipinski definition) is 1. The average Bonchev–Trinajstić information content (AvgIpc) is 2.83. The van der Waals surface area contributed by atoms with E-state index in [4.69, 9.17) is 0 Å². The Labute approximate surface area is 102 Å². The molecule has 0 aliphatic carbocycles. The van der Waals surface area contributed by atoms with Crippen molar-refractivity contribution in [3.63, 3.8) is 0 Å². The molecule has 3 nitrogen and oxygen atoms in total. The summed E-state index contributed by atoms with van der Waals surface area (Å²) in [5.41, 5.74) is 0.932. The second-order valence-corrected chi connectivity index (χ2v) is 4.58. The lowest BCUT2D eigenvalue weighted by atomic mass is 9.93. The fourth-order valence-electron chi connectivity index (χ4n) is 2.12. The molecule has 2 atom stereocenters. The number of nitrogens with zero attached hydrogens (tertiary/aromatic N) is 2. The van der Waals surface area contributed by atoms with Crippen molar-refractivity contribution < 1.29 is 5.11 Å². The third-order valence-corrected chi connectivity index (χ3v) is 2.98. The largest absolute Gasteiger partial charge is 0.386 e. The van der Waals surface area contributed by atoms with E-state index in [1.54, 1.807) is 6.20 Å². The van der Waals surface area contributed by atoms with Crippen LogP contribution in [-0.4, -0.2) is 14.9 Å². The molecule has 0 aliphatic rings. The Morgan fingerprint density at radius 1 is 1.12 bits per heavy atom. The summed E-state index contributed by atoms with van der Waals surface area (Å²) in [5.74, 6) is 0.310. The van der Waals surface area contributed by atoms with Crippen molar-refractivity contribution in [2.24, 2.45) is 5.92 Å². The molecule has 17 heavy (non-hydrogen) atoms. The molecule has 1 aromatic carbocycles. The van der Waals surface area contributed by atoms with E-state index in [9.17, 15) is 5.11 Å². The Kier molecular flexibility index (Phi) is 3.59. The van der Waals surface area contributed by atoms with Crippen LogP contribution in [-0.2, 0) is 0 Å². The number of hydrogen-bond acceptors (Lipinski definition) is 2. The van der Waals surface area contributed by atoms with Crippen LogP contribution in [0.4, 0.5) is 0 Å². The van der Waals surface area contributed by atoms with E-state index in [-0.39, 0.29) is 6.04 Å². The maximum Gasteiger partial charge on any atom is 0.102 e. The van der Waals surface area contributed by atoms with Gasteiger partial charge >= 0.3 is 0 Å². The Morgan fingerprint density at radius 3 is 2.35 bits per heavy atom. The highest BCUT2D eigenvalue weighted by atomic mass is 16.3. The second kappa shape index (κ2) is 5.15. The molecule has 0 aliphatic heterocycles. The first kappa shape index (κ1) is 11.9. The molecule has 1 aromatic heterocycles. The van der Waals surface area contributed by atoms with Gasteiger partial charge in [0, 0.05) is 12.4 Å². The summed E-state index contributed by atoms with van der Waals surface area (Å²) in [6, 6.07) is 11.6. The van der Waals surface area contributed by atoms with E-state index in [2.05, 4.69) is 18.9 Å². The summed E-state index contributed by atoms with van der Waals surface area (Å²) in [6.07, 6.45) is 3.11. The van der Waals surface area contributed by atoms with Crippen LogP contribution in [0, 0.1) is 5.92 Å². The molecule has 2 unspecified atom stereocenters. The molecule has 0 spiro atoms. The maximum atomic E-state index is 10.5. The minimum Gasteiger partial charge on any atom is -0.386 e. The quantitative estimate of drug-likeness (QED) is 0.877. The number of aromatic nitrogens is 2. The molecule has 2 aromatic rings. The number of rotatable bonds is 4. The third-order valence-electron chi connectivity index (χ3n) is 2.98. The molecule has 0 radical (unpaired) electrons. The van der Waals surface area contributed by atoms with Crippen LogP contribution in [0.1, 0.15) is 31.6 Å². The molecule has 3 heteroatoms. The van der Waals surface area contributed by atoms with Gasteiger partial charge in [-0.3, -0.25) is 4.68 Å². The zero-order valence-corrected chi connectivity index (χ0v) is 10.2. The summed E-state index contributed by atoms with van der Waals surface area (Å²) in [5, 5.41) is 14.7. The summed E-state index contributed by atoms with van der Waals surface area (Å²) < 4.78 is 1.84. The fourth-order valence-corrected chi connectivity index (χ4v) is 2.12. The maximum absolute atomic E-state index is 10.5. The zero-order valence-electron chi connectivity index (χ0n) is 10.2. The van der Waals surface area contributed by atoms with Crippen LogP contribution in [0.2, 0.25) is 0 Å². The molecular formula is C14H18N2O. The highest BCUT2D eigenvalue weighted by molar-refractivity contribution is 5.18. The summed E-state index contributed by atoms with van der Waals surface area (Å²) >= 11 is 0. The Morgan fingerprint density at radius 2 is 1.82 bits per heavy atom. The van der Waals surface area contributed by atoms with E-state index >= 15 is 0 Å². The predicted molar refractivity (Wildman–Crippen MR) is 67.5 cm³/mol. The first-order valence-electron chi connectivity index (χ1n) is 5.92. The van der Waals surface area contributed by atoms with E-state index in [1.807, 2.05) is 47.3 Å². The lowest BCUT2D eigenvalue weighted by Crippen LogP contribution is -2.23. The Hall–Kier alpha value is -1.61. The van der Waals surface area contributed by atoms with Crippen molar-refractivity contribution in [1.82, 2.24) is 9.78 Å². The van der Waals surface area contributed by atoms with Crippen molar-refractivity contribution in [3.8, 4) is 0 Å². The van der Waals surface area contributed by atoms with Gasteiger partial charge in [0.05, 0.1) is 6.04 Å². The molecule has 1 heterocycles. The summed E-state index contributed by atoms with van der Waals surface area (Å²) in [6.45, 7) is 4.19. The highest BCUT2D eigenvalue weighted by Gasteiger charge is 2.25. The van der Waals surface area contributed by atoms with E-state index in [0.717, 1.165) is 5.56 Å². The van der Waals surface area contributed by atoms with Gasteiger partial charge in [-0.1, -0.05) is 44.2 Å². The zero-order chi connectivity index (χ0) is 12.3. The standard InChI is InChI=1S/C14H18N2O/c1-11(2)13(16-10-6-9-15-16)14(17)12-7-4-3-5-8-12/h3-11,13-14,17H,1-2H3. The monoisotopic (exact) mass is 230 g/mol. The minimum absolute atomic E-state index is 0.0348. The average molecular weight is 230 g/mol. The van der Waals surface area contributed by atoms with Crippen LogP contribution in [0.25, 0.3) is 0 Å². The van der Waals surface area contributed by atoms with E-state index < -0.39 is 6.10 Å². The van der Waals surface area contributed by atoms with Crippen molar-refractivity contribution in [3.05, 3.63) is 54.4 Å². The first-order chi connectivity index (χ1) is 8.20.